The number of nitrogens with zero attached hydrogens (tertiary/aromatic N) is 1. The molecule has 0 aliphatic rings. The number of sulfonamides is 1. The molecule has 1 N–H and O–H groups in total. The van der Waals surface area contributed by atoms with Crippen molar-refractivity contribution in [3.63, 3.8) is 0 Å². The van der Waals surface area contributed by atoms with Crippen molar-refractivity contribution in [3.8, 4) is 5.75 Å². The van der Waals surface area contributed by atoms with Crippen LogP contribution in [0.5, 0.6) is 5.75 Å². The Kier molecular flexibility index (Phi) is 5.97. The van der Waals surface area contributed by atoms with Gasteiger partial charge in [0.1, 0.15) is 15.0 Å². The molecule has 2 aromatic rings. The molecule has 0 saturated carbocycles. The molecule has 1 aromatic heterocycles. The second-order valence-electron chi connectivity index (χ2n) is 4.90. The number of likely N-dealkylation sites (N-methyl/N-ethyl adjacent to an activating group) is 1. The molecular weight excluding hydrogens is 395 g/mol. The number of anilines is 1. The Bertz CT molecular complexity index is 833. The van der Waals surface area contributed by atoms with E-state index in [4.69, 9.17) is 27.9 Å². The summed E-state index contributed by atoms with van der Waals surface area (Å²) >= 11 is 12.6. The van der Waals surface area contributed by atoms with Gasteiger partial charge in [-0.3, -0.25) is 9.52 Å². The van der Waals surface area contributed by atoms with E-state index in [0.29, 0.717) is 11.4 Å². The number of carbonyl (C=O) groups is 1. The predicted molar refractivity (Wildman–Crippen MR) is 95.8 cm³/mol. The van der Waals surface area contributed by atoms with Crippen molar-refractivity contribution in [2.45, 2.75) is 4.90 Å². The first kappa shape index (κ1) is 18.9. The molecule has 0 bridgehead atoms. The zero-order chi connectivity index (χ0) is 17.9. The van der Waals surface area contributed by atoms with Crippen molar-refractivity contribution in [3.05, 3.63) is 39.0 Å². The van der Waals surface area contributed by atoms with Crippen LogP contribution in [-0.4, -0.2) is 39.9 Å². The van der Waals surface area contributed by atoms with E-state index in [0.717, 1.165) is 11.3 Å². The van der Waals surface area contributed by atoms with Crippen LogP contribution in [0.3, 0.4) is 0 Å². The van der Waals surface area contributed by atoms with Crippen LogP contribution in [0.2, 0.25) is 8.67 Å². The second kappa shape index (κ2) is 7.60. The number of thiophene rings is 1. The molecule has 0 saturated heterocycles. The standard InChI is InChI=1S/C14H14Cl2N2O4S2/c1-18(2)13(19)8-22-10-5-3-9(4-6-10)17-24(20,21)11-7-12(15)23-14(11)16/h3-7,17H,8H2,1-2H3. The smallest absolute Gasteiger partial charge is 0.264 e. The van der Waals surface area contributed by atoms with E-state index < -0.39 is 10.0 Å². The van der Waals surface area contributed by atoms with Gasteiger partial charge < -0.3 is 9.64 Å². The molecule has 0 atom stereocenters. The number of nitrogens with one attached hydrogen (secondary N) is 1. The first-order valence-electron chi connectivity index (χ1n) is 6.60. The molecule has 6 nitrogen and oxygen atoms in total. The molecule has 2 rings (SSSR count). The normalized spacial score (nSPS) is 11.2. The zero-order valence-corrected chi connectivity index (χ0v) is 15.9. The third-order valence-corrected chi connectivity index (χ3v) is 6.02. The fourth-order valence-corrected chi connectivity index (χ4v) is 4.82. The monoisotopic (exact) mass is 408 g/mol. The topological polar surface area (TPSA) is 75.7 Å². The summed E-state index contributed by atoms with van der Waals surface area (Å²) in [7, 11) is -0.570. The van der Waals surface area contributed by atoms with Crippen LogP contribution < -0.4 is 9.46 Å². The molecule has 1 amide bonds. The van der Waals surface area contributed by atoms with Crippen molar-refractivity contribution in [2.75, 3.05) is 25.4 Å². The molecule has 0 aliphatic heterocycles. The number of ether oxygens (including phenoxy) is 1. The largest absolute Gasteiger partial charge is 0.484 e. The average molecular weight is 409 g/mol. The highest BCUT2D eigenvalue weighted by Gasteiger charge is 2.21. The summed E-state index contributed by atoms with van der Waals surface area (Å²) in [4.78, 5) is 12.8. The lowest BCUT2D eigenvalue weighted by Gasteiger charge is -2.12. The lowest BCUT2D eigenvalue weighted by atomic mass is 10.3. The van der Waals surface area contributed by atoms with Gasteiger partial charge in [-0.25, -0.2) is 8.42 Å². The zero-order valence-electron chi connectivity index (χ0n) is 12.7. The molecule has 130 valence electrons. The maximum absolute atomic E-state index is 12.3. The van der Waals surface area contributed by atoms with Crippen LogP contribution in [0.25, 0.3) is 0 Å². The van der Waals surface area contributed by atoms with E-state index in [9.17, 15) is 13.2 Å². The summed E-state index contributed by atoms with van der Waals surface area (Å²) in [5, 5.41) is 0. The summed E-state index contributed by atoms with van der Waals surface area (Å²) in [5.41, 5.74) is 0.333. The van der Waals surface area contributed by atoms with Gasteiger partial charge in [0, 0.05) is 19.8 Å². The SMILES string of the molecule is CN(C)C(=O)COc1ccc(NS(=O)(=O)c2cc(Cl)sc2Cl)cc1. The Labute approximate surface area is 154 Å². The Balaban J connectivity index is 2.06. The maximum Gasteiger partial charge on any atom is 0.264 e. The highest BCUT2D eigenvalue weighted by molar-refractivity contribution is 7.93. The van der Waals surface area contributed by atoms with Gasteiger partial charge in [-0.1, -0.05) is 23.2 Å². The van der Waals surface area contributed by atoms with Crippen LogP contribution in [0.1, 0.15) is 0 Å². The van der Waals surface area contributed by atoms with Crippen molar-refractivity contribution in [1.82, 2.24) is 4.90 Å². The van der Waals surface area contributed by atoms with Gasteiger partial charge in [-0.15, -0.1) is 11.3 Å². The number of benzene rings is 1. The molecule has 1 heterocycles. The molecule has 24 heavy (non-hydrogen) atoms. The molecule has 0 unspecified atom stereocenters. The minimum atomic E-state index is -3.83. The Hall–Kier alpha value is -1.48. The number of halogens is 2. The van der Waals surface area contributed by atoms with Gasteiger partial charge in [0.25, 0.3) is 15.9 Å². The van der Waals surface area contributed by atoms with Crippen molar-refractivity contribution in [2.24, 2.45) is 0 Å². The quantitative estimate of drug-likeness (QED) is 0.794. The van der Waals surface area contributed by atoms with Crippen molar-refractivity contribution >= 4 is 56.2 Å². The van der Waals surface area contributed by atoms with Crippen LogP contribution in [0.15, 0.2) is 35.2 Å². The number of carbonyl (C=O) groups excluding carboxylic acids is 1. The minimum Gasteiger partial charge on any atom is -0.484 e. The highest BCUT2D eigenvalue weighted by atomic mass is 35.5. The van der Waals surface area contributed by atoms with E-state index in [1.165, 1.54) is 23.1 Å². The van der Waals surface area contributed by atoms with Gasteiger partial charge in [0.05, 0.1) is 4.34 Å². The Morgan fingerprint density at radius 2 is 1.88 bits per heavy atom. The summed E-state index contributed by atoms with van der Waals surface area (Å²) < 4.78 is 32.7. The first-order valence-corrected chi connectivity index (χ1v) is 9.65. The fourth-order valence-electron chi connectivity index (χ4n) is 1.61. The average Bonchev–Trinajstić information content (AvgIpc) is 2.85. The van der Waals surface area contributed by atoms with Crippen molar-refractivity contribution < 1.29 is 17.9 Å². The predicted octanol–water partition coefficient (Wildman–Crippen LogP) is 3.32. The third kappa shape index (κ3) is 4.76. The highest BCUT2D eigenvalue weighted by Crippen LogP contribution is 2.35. The molecule has 0 fully saturated rings. The number of hydrogen-bond donors (Lipinski definition) is 1. The van der Waals surface area contributed by atoms with Gasteiger partial charge in [0.2, 0.25) is 0 Å². The molecular formula is C14H14Cl2N2O4S2. The third-order valence-electron chi connectivity index (χ3n) is 2.88. The Morgan fingerprint density at radius 1 is 1.25 bits per heavy atom. The summed E-state index contributed by atoms with van der Waals surface area (Å²) in [5.74, 6) is 0.272. The lowest BCUT2D eigenvalue weighted by Crippen LogP contribution is -2.27. The van der Waals surface area contributed by atoms with E-state index in [-0.39, 0.29) is 26.1 Å². The van der Waals surface area contributed by atoms with Gasteiger partial charge in [0.15, 0.2) is 6.61 Å². The van der Waals surface area contributed by atoms with Crippen molar-refractivity contribution in [1.29, 1.82) is 0 Å². The van der Waals surface area contributed by atoms with Gasteiger partial charge >= 0.3 is 0 Å². The van der Waals surface area contributed by atoms with Gasteiger partial charge in [-0.2, -0.15) is 0 Å². The van der Waals surface area contributed by atoms with E-state index in [2.05, 4.69) is 4.72 Å². The summed E-state index contributed by atoms with van der Waals surface area (Å²) in [6, 6.07) is 7.46. The summed E-state index contributed by atoms with van der Waals surface area (Å²) in [6.07, 6.45) is 0. The van der Waals surface area contributed by atoms with Crippen LogP contribution in [0.4, 0.5) is 5.69 Å². The van der Waals surface area contributed by atoms with E-state index >= 15 is 0 Å². The molecule has 0 radical (unpaired) electrons. The van der Waals surface area contributed by atoms with E-state index in [1.54, 1.807) is 26.2 Å². The van der Waals surface area contributed by atoms with Gasteiger partial charge in [-0.05, 0) is 30.3 Å². The van der Waals surface area contributed by atoms with Crippen LogP contribution in [-0.2, 0) is 14.8 Å². The lowest BCUT2D eigenvalue weighted by molar-refractivity contribution is -0.130. The first-order chi connectivity index (χ1) is 11.2. The molecule has 10 heteroatoms. The number of hydrogen-bond acceptors (Lipinski definition) is 5. The minimum absolute atomic E-state index is 0.0731. The molecule has 1 aromatic carbocycles. The number of rotatable bonds is 6. The van der Waals surface area contributed by atoms with E-state index in [1.807, 2.05) is 0 Å². The second-order valence-corrected chi connectivity index (χ2v) is 8.83. The van der Waals surface area contributed by atoms with Crippen LogP contribution in [0, 0.1) is 0 Å². The maximum atomic E-state index is 12.3. The fraction of sp³-hybridized carbons (Fsp3) is 0.214. The van der Waals surface area contributed by atoms with Crippen LogP contribution >= 0.6 is 34.5 Å². The molecule has 0 aliphatic carbocycles. The summed E-state index contributed by atoms with van der Waals surface area (Å²) in [6.45, 7) is -0.0961. The Morgan fingerprint density at radius 3 is 2.38 bits per heavy atom. The number of amides is 1. The molecule has 0 spiro atoms.